The summed E-state index contributed by atoms with van der Waals surface area (Å²) in [7, 11) is 0. The van der Waals surface area contributed by atoms with E-state index in [1.807, 2.05) is 12.1 Å². The van der Waals surface area contributed by atoms with E-state index in [1.54, 1.807) is 0 Å². The van der Waals surface area contributed by atoms with Gasteiger partial charge in [0.2, 0.25) is 0 Å². The van der Waals surface area contributed by atoms with Crippen molar-refractivity contribution < 1.29 is 5.11 Å². The molecule has 20 heavy (non-hydrogen) atoms. The molecule has 0 aliphatic rings. The zero-order chi connectivity index (χ0) is 14.8. The Kier molecular flexibility index (Phi) is 8.28. The van der Waals surface area contributed by atoms with Crippen LogP contribution in [0.1, 0.15) is 64.1 Å². The van der Waals surface area contributed by atoms with Crippen molar-refractivity contribution in [2.24, 2.45) is 0 Å². The first kappa shape index (κ1) is 17.0. The molecular formula is C17H30N2O. The maximum atomic E-state index is 9.44. The predicted molar refractivity (Wildman–Crippen MR) is 86.2 cm³/mol. The predicted octanol–water partition coefficient (Wildman–Crippen LogP) is 3.93. The number of aliphatic hydroxyl groups excluding tert-OH is 1. The fourth-order valence-corrected chi connectivity index (χ4v) is 2.31. The van der Waals surface area contributed by atoms with Crippen LogP contribution in [0.15, 0.2) is 12.1 Å². The van der Waals surface area contributed by atoms with Crippen LogP contribution >= 0.6 is 0 Å². The quantitative estimate of drug-likeness (QED) is 0.704. The molecule has 0 atom stereocenters. The van der Waals surface area contributed by atoms with Crippen LogP contribution in [0.4, 0.5) is 5.82 Å². The normalized spacial score (nSPS) is 10.8. The number of aliphatic hydroxyl groups is 1. The fraction of sp³-hybridized carbons (Fsp3) is 0.706. The van der Waals surface area contributed by atoms with Crippen LogP contribution in [0.3, 0.4) is 0 Å². The molecule has 0 aliphatic heterocycles. The van der Waals surface area contributed by atoms with Gasteiger partial charge in [0, 0.05) is 18.8 Å². The minimum absolute atomic E-state index is 0.0988. The van der Waals surface area contributed by atoms with Crippen LogP contribution < -0.4 is 4.90 Å². The summed E-state index contributed by atoms with van der Waals surface area (Å²) in [6.45, 7) is 8.82. The van der Waals surface area contributed by atoms with Gasteiger partial charge in [-0.1, -0.05) is 40.0 Å². The number of aryl methyl sites for hydroxylation is 1. The maximum absolute atomic E-state index is 9.44. The Morgan fingerprint density at radius 1 is 1.00 bits per heavy atom. The topological polar surface area (TPSA) is 36.4 Å². The molecule has 0 bridgehead atoms. The highest BCUT2D eigenvalue weighted by Gasteiger charge is 2.10. The molecular weight excluding hydrogens is 248 g/mol. The molecule has 0 radical (unpaired) electrons. The van der Waals surface area contributed by atoms with E-state index in [0.29, 0.717) is 0 Å². The Morgan fingerprint density at radius 2 is 1.65 bits per heavy atom. The number of rotatable bonds is 10. The third-order valence-corrected chi connectivity index (χ3v) is 3.50. The molecule has 0 spiro atoms. The lowest BCUT2D eigenvalue weighted by molar-refractivity contribution is 0.281. The number of aromatic nitrogens is 1. The van der Waals surface area contributed by atoms with Crippen LogP contribution in [0.5, 0.6) is 0 Å². The van der Waals surface area contributed by atoms with Gasteiger partial charge in [0.15, 0.2) is 0 Å². The zero-order valence-corrected chi connectivity index (χ0v) is 13.4. The summed E-state index contributed by atoms with van der Waals surface area (Å²) in [5.74, 6) is 1.04. The highest BCUT2D eigenvalue weighted by Crippen LogP contribution is 2.18. The van der Waals surface area contributed by atoms with Crippen molar-refractivity contribution >= 4 is 5.82 Å². The SMILES string of the molecule is CCCCN(CCCC)c1cc(CO)cc(CCC)n1. The van der Waals surface area contributed by atoms with Crippen molar-refractivity contribution in [2.45, 2.75) is 65.9 Å². The van der Waals surface area contributed by atoms with E-state index in [4.69, 9.17) is 4.98 Å². The van der Waals surface area contributed by atoms with Crippen LogP contribution in [-0.4, -0.2) is 23.2 Å². The summed E-state index contributed by atoms with van der Waals surface area (Å²) in [5.41, 5.74) is 2.09. The Labute approximate surface area is 124 Å². The summed E-state index contributed by atoms with van der Waals surface area (Å²) in [6, 6.07) is 4.08. The molecule has 0 aliphatic carbocycles. The van der Waals surface area contributed by atoms with Gasteiger partial charge in [0.1, 0.15) is 5.82 Å². The van der Waals surface area contributed by atoms with Gasteiger partial charge in [-0.2, -0.15) is 0 Å². The second-order valence-corrected chi connectivity index (χ2v) is 5.43. The van der Waals surface area contributed by atoms with Gasteiger partial charge in [-0.05, 0) is 37.0 Å². The van der Waals surface area contributed by atoms with Crippen LogP contribution in [0.25, 0.3) is 0 Å². The lowest BCUT2D eigenvalue weighted by atomic mass is 10.1. The molecule has 0 amide bonds. The van der Waals surface area contributed by atoms with Gasteiger partial charge in [-0.25, -0.2) is 4.98 Å². The van der Waals surface area contributed by atoms with Gasteiger partial charge in [-0.15, -0.1) is 0 Å². The standard InChI is InChI=1S/C17H30N2O/c1-4-7-10-19(11-8-5-2)17-13-15(14-20)12-16(18-17)9-6-3/h12-13,20H,4-11,14H2,1-3H3. The van der Waals surface area contributed by atoms with Gasteiger partial charge in [0.05, 0.1) is 6.61 Å². The molecule has 0 saturated heterocycles. The molecule has 1 rings (SSSR count). The first-order chi connectivity index (χ1) is 9.74. The highest BCUT2D eigenvalue weighted by atomic mass is 16.3. The molecule has 3 nitrogen and oxygen atoms in total. The molecule has 1 aromatic heterocycles. The second kappa shape index (κ2) is 9.76. The number of anilines is 1. The number of pyridine rings is 1. The average molecular weight is 278 g/mol. The van der Waals surface area contributed by atoms with Crippen molar-refractivity contribution in [3.8, 4) is 0 Å². The molecule has 1 aromatic rings. The summed E-state index contributed by atoms with van der Waals surface area (Å²) < 4.78 is 0. The van der Waals surface area contributed by atoms with Gasteiger partial charge >= 0.3 is 0 Å². The lowest BCUT2D eigenvalue weighted by Gasteiger charge is -2.24. The average Bonchev–Trinajstić information content (AvgIpc) is 2.47. The largest absolute Gasteiger partial charge is 0.392 e. The van der Waals surface area contributed by atoms with Crippen LogP contribution in [0, 0.1) is 0 Å². The van der Waals surface area contributed by atoms with E-state index in [0.717, 1.165) is 43.0 Å². The second-order valence-electron chi connectivity index (χ2n) is 5.43. The van der Waals surface area contributed by atoms with Crippen molar-refractivity contribution in [3.63, 3.8) is 0 Å². The number of hydrogen-bond acceptors (Lipinski definition) is 3. The minimum Gasteiger partial charge on any atom is -0.392 e. The Hall–Kier alpha value is -1.09. The smallest absolute Gasteiger partial charge is 0.129 e. The maximum Gasteiger partial charge on any atom is 0.129 e. The summed E-state index contributed by atoms with van der Waals surface area (Å²) in [4.78, 5) is 7.17. The zero-order valence-electron chi connectivity index (χ0n) is 13.4. The van der Waals surface area contributed by atoms with Gasteiger partial charge in [-0.3, -0.25) is 0 Å². The summed E-state index contributed by atoms with van der Waals surface area (Å²) in [6.07, 6.45) is 6.85. The molecule has 0 aromatic carbocycles. The van der Waals surface area contributed by atoms with Crippen molar-refractivity contribution in [1.82, 2.24) is 4.98 Å². The van der Waals surface area contributed by atoms with Gasteiger partial charge in [0.25, 0.3) is 0 Å². The molecule has 0 saturated carbocycles. The van der Waals surface area contributed by atoms with Crippen molar-refractivity contribution in [1.29, 1.82) is 0 Å². The van der Waals surface area contributed by atoms with E-state index in [2.05, 4.69) is 25.7 Å². The molecule has 114 valence electrons. The molecule has 1 heterocycles. The number of nitrogens with zero attached hydrogens (tertiary/aromatic N) is 2. The van der Waals surface area contributed by atoms with Crippen molar-refractivity contribution in [2.75, 3.05) is 18.0 Å². The van der Waals surface area contributed by atoms with E-state index >= 15 is 0 Å². The van der Waals surface area contributed by atoms with E-state index in [1.165, 1.54) is 25.7 Å². The monoisotopic (exact) mass is 278 g/mol. The summed E-state index contributed by atoms with van der Waals surface area (Å²) in [5, 5.41) is 9.44. The Bertz CT molecular complexity index is 371. The lowest BCUT2D eigenvalue weighted by Crippen LogP contribution is -2.27. The first-order valence-electron chi connectivity index (χ1n) is 8.10. The molecule has 0 fully saturated rings. The Morgan fingerprint density at radius 3 is 2.15 bits per heavy atom. The van der Waals surface area contributed by atoms with Crippen molar-refractivity contribution in [3.05, 3.63) is 23.4 Å². The number of hydrogen-bond donors (Lipinski definition) is 1. The number of unbranched alkanes of at least 4 members (excludes halogenated alkanes) is 2. The molecule has 0 unspecified atom stereocenters. The van der Waals surface area contributed by atoms with Gasteiger partial charge < -0.3 is 10.0 Å². The molecule has 1 N–H and O–H groups in total. The molecule has 3 heteroatoms. The fourth-order valence-electron chi connectivity index (χ4n) is 2.31. The van der Waals surface area contributed by atoms with Crippen LogP contribution in [0.2, 0.25) is 0 Å². The van der Waals surface area contributed by atoms with E-state index in [9.17, 15) is 5.11 Å². The van der Waals surface area contributed by atoms with Crippen LogP contribution in [-0.2, 0) is 13.0 Å². The minimum atomic E-state index is 0.0988. The highest BCUT2D eigenvalue weighted by molar-refractivity contribution is 5.42. The third kappa shape index (κ3) is 5.49. The van der Waals surface area contributed by atoms with E-state index in [-0.39, 0.29) is 6.61 Å². The Balaban J connectivity index is 2.93. The first-order valence-corrected chi connectivity index (χ1v) is 8.10. The summed E-state index contributed by atoms with van der Waals surface area (Å²) >= 11 is 0. The third-order valence-electron chi connectivity index (χ3n) is 3.50. The van der Waals surface area contributed by atoms with E-state index < -0.39 is 0 Å².